The van der Waals surface area contributed by atoms with E-state index in [0.29, 0.717) is 23.3 Å². The molecule has 1 N–H and O–H groups in total. The molecule has 3 aromatic rings. The van der Waals surface area contributed by atoms with Crippen molar-refractivity contribution >= 4 is 11.2 Å². The summed E-state index contributed by atoms with van der Waals surface area (Å²) in [5, 5.41) is 0. The number of rotatable bonds is 2. The number of hydrogen-bond donors (Lipinski definition) is 1. The van der Waals surface area contributed by atoms with E-state index in [9.17, 15) is 4.79 Å². The Morgan fingerprint density at radius 1 is 1.06 bits per heavy atom. The lowest BCUT2D eigenvalue weighted by atomic mass is 10.1. The topological polar surface area (TPSA) is 58.6 Å². The predicted molar refractivity (Wildman–Crippen MR) is 69.4 cm³/mol. The summed E-state index contributed by atoms with van der Waals surface area (Å²) in [4.78, 5) is 23.1. The fraction of sp³-hybridized carbons (Fsp3) is 0.0714. The van der Waals surface area contributed by atoms with Crippen LogP contribution < -0.4 is 5.56 Å². The Morgan fingerprint density at radius 3 is 2.72 bits per heavy atom. The van der Waals surface area contributed by atoms with Crippen LogP contribution in [-0.4, -0.2) is 15.0 Å². The van der Waals surface area contributed by atoms with Gasteiger partial charge in [0.25, 0.3) is 5.56 Å². The van der Waals surface area contributed by atoms with Crippen molar-refractivity contribution in [1.82, 2.24) is 15.0 Å². The molecular weight excluding hydrogens is 226 g/mol. The van der Waals surface area contributed by atoms with Gasteiger partial charge in [-0.3, -0.25) is 4.79 Å². The van der Waals surface area contributed by atoms with Gasteiger partial charge < -0.3 is 4.98 Å². The van der Waals surface area contributed by atoms with Crippen molar-refractivity contribution in [3.05, 3.63) is 70.3 Å². The van der Waals surface area contributed by atoms with Crippen LogP contribution in [0.3, 0.4) is 0 Å². The van der Waals surface area contributed by atoms with Crippen LogP contribution in [0.1, 0.15) is 11.3 Å². The van der Waals surface area contributed by atoms with Gasteiger partial charge in [0.05, 0.1) is 0 Å². The lowest BCUT2D eigenvalue weighted by molar-refractivity contribution is 1.02. The lowest BCUT2D eigenvalue weighted by Gasteiger charge is -2.02. The zero-order valence-electron chi connectivity index (χ0n) is 9.63. The van der Waals surface area contributed by atoms with Crippen molar-refractivity contribution in [2.24, 2.45) is 0 Å². The maximum atomic E-state index is 11.9. The zero-order valence-corrected chi connectivity index (χ0v) is 9.63. The van der Waals surface area contributed by atoms with E-state index in [1.54, 1.807) is 12.3 Å². The maximum absolute atomic E-state index is 11.9. The molecule has 0 aliphatic rings. The summed E-state index contributed by atoms with van der Waals surface area (Å²) in [5.41, 5.74) is 2.65. The second-order valence-electron chi connectivity index (χ2n) is 4.05. The average molecular weight is 237 g/mol. The van der Waals surface area contributed by atoms with E-state index in [1.807, 2.05) is 36.4 Å². The van der Waals surface area contributed by atoms with Gasteiger partial charge in [-0.25, -0.2) is 9.97 Å². The van der Waals surface area contributed by atoms with E-state index < -0.39 is 0 Å². The number of fused-ring (bicyclic) bond motifs is 1. The second kappa shape index (κ2) is 4.41. The molecule has 0 radical (unpaired) electrons. The SMILES string of the molecule is O=c1[nH]c2ncccc2nc1Cc1ccccc1. The number of nitrogens with zero attached hydrogens (tertiary/aromatic N) is 2. The van der Waals surface area contributed by atoms with Gasteiger partial charge in [0, 0.05) is 12.6 Å². The van der Waals surface area contributed by atoms with Crippen LogP contribution in [-0.2, 0) is 6.42 Å². The highest BCUT2D eigenvalue weighted by atomic mass is 16.1. The normalized spacial score (nSPS) is 10.7. The molecule has 1 aromatic carbocycles. The van der Waals surface area contributed by atoms with Crippen molar-refractivity contribution in [2.75, 3.05) is 0 Å². The molecular formula is C14H11N3O. The Morgan fingerprint density at radius 2 is 1.89 bits per heavy atom. The van der Waals surface area contributed by atoms with Gasteiger partial charge in [-0.2, -0.15) is 0 Å². The molecule has 0 bridgehead atoms. The number of nitrogens with one attached hydrogen (secondary N) is 1. The van der Waals surface area contributed by atoms with E-state index in [1.165, 1.54) is 0 Å². The molecule has 3 rings (SSSR count). The number of aromatic amines is 1. The van der Waals surface area contributed by atoms with Crippen molar-refractivity contribution < 1.29 is 0 Å². The summed E-state index contributed by atoms with van der Waals surface area (Å²) < 4.78 is 0. The third kappa shape index (κ3) is 2.00. The Bertz CT molecular complexity index is 735. The molecule has 2 aromatic heterocycles. The quantitative estimate of drug-likeness (QED) is 0.740. The summed E-state index contributed by atoms with van der Waals surface area (Å²) in [7, 11) is 0. The summed E-state index contributed by atoms with van der Waals surface area (Å²) in [5.74, 6) is 0. The van der Waals surface area contributed by atoms with Gasteiger partial charge in [0.15, 0.2) is 5.65 Å². The maximum Gasteiger partial charge on any atom is 0.271 e. The van der Waals surface area contributed by atoms with Gasteiger partial charge in [0.2, 0.25) is 0 Å². The molecule has 0 saturated carbocycles. The minimum absolute atomic E-state index is 0.176. The molecule has 0 aliphatic heterocycles. The number of H-pyrrole nitrogens is 1. The monoisotopic (exact) mass is 237 g/mol. The van der Waals surface area contributed by atoms with Gasteiger partial charge >= 0.3 is 0 Å². The van der Waals surface area contributed by atoms with Crippen molar-refractivity contribution in [3.63, 3.8) is 0 Å². The number of benzene rings is 1. The third-order valence-corrected chi connectivity index (χ3v) is 2.75. The second-order valence-corrected chi connectivity index (χ2v) is 4.05. The van der Waals surface area contributed by atoms with E-state index in [2.05, 4.69) is 15.0 Å². The summed E-state index contributed by atoms with van der Waals surface area (Å²) in [6, 6.07) is 13.5. The standard InChI is InChI=1S/C14H11N3O/c18-14-12(9-10-5-2-1-3-6-10)16-11-7-4-8-15-13(11)17-14/h1-8H,9H2,(H,15,17,18). The summed E-state index contributed by atoms with van der Waals surface area (Å²) in [6.45, 7) is 0. The smallest absolute Gasteiger partial charge is 0.271 e. The van der Waals surface area contributed by atoms with Crippen LogP contribution in [0.4, 0.5) is 0 Å². The highest BCUT2D eigenvalue weighted by molar-refractivity contribution is 5.68. The average Bonchev–Trinajstić information content (AvgIpc) is 2.41. The van der Waals surface area contributed by atoms with Crippen molar-refractivity contribution in [1.29, 1.82) is 0 Å². The van der Waals surface area contributed by atoms with Crippen molar-refractivity contribution in [3.8, 4) is 0 Å². The fourth-order valence-corrected chi connectivity index (χ4v) is 1.87. The minimum Gasteiger partial charge on any atom is -0.304 e. The Balaban J connectivity index is 2.07. The molecule has 0 fully saturated rings. The van der Waals surface area contributed by atoms with Crippen molar-refractivity contribution in [2.45, 2.75) is 6.42 Å². The first-order chi connectivity index (χ1) is 8.83. The molecule has 0 unspecified atom stereocenters. The van der Waals surface area contributed by atoms with Crippen LogP contribution in [0.5, 0.6) is 0 Å². The molecule has 4 heteroatoms. The molecule has 2 heterocycles. The Hall–Kier alpha value is -2.49. The van der Waals surface area contributed by atoms with Crippen LogP contribution in [0.25, 0.3) is 11.2 Å². The number of pyridine rings is 1. The Kier molecular flexibility index (Phi) is 2.61. The lowest BCUT2D eigenvalue weighted by Crippen LogP contribution is -2.16. The molecule has 0 atom stereocenters. The van der Waals surface area contributed by atoms with Crippen LogP contribution in [0.15, 0.2) is 53.5 Å². The molecule has 0 saturated heterocycles. The fourth-order valence-electron chi connectivity index (χ4n) is 1.87. The number of hydrogen-bond acceptors (Lipinski definition) is 3. The molecule has 18 heavy (non-hydrogen) atoms. The third-order valence-electron chi connectivity index (χ3n) is 2.75. The summed E-state index contributed by atoms with van der Waals surface area (Å²) in [6.07, 6.45) is 2.16. The van der Waals surface area contributed by atoms with Gasteiger partial charge in [-0.05, 0) is 17.7 Å². The molecule has 0 spiro atoms. The largest absolute Gasteiger partial charge is 0.304 e. The minimum atomic E-state index is -0.176. The van der Waals surface area contributed by atoms with Gasteiger partial charge in [-0.15, -0.1) is 0 Å². The number of aromatic nitrogens is 3. The Labute approximate surface area is 103 Å². The highest BCUT2D eigenvalue weighted by Crippen LogP contribution is 2.07. The molecule has 88 valence electrons. The van der Waals surface area contributed by atoms with E-state index in [0.717, 1.165) is 5.56 Å². The van der Waals surface area contributed by atoms with E-state index >= 15 is 0 Å². The van der Waals surface area contributed by atoms with E-state index in [4.69, 9.17) is 0 Å². The van der Waals surface area contributed by atoms with Crippen LogP contribution >= 0.6 is 0 Å². The van der Waals surface area contributed by atoms with Gasteiger partial charge in [-0.1, -0.05) is 30.3 Å². The zero-order chi connectivity index (χ0) is 12.4. The molecule has 0 amide bonds. The van der Waals surface area contributed by atoms with Crippen LogP contribution in [0, 0.1) is 0 Å². The van der Waals surface area contributed by atoms with E-state index in [-0.39, 0.29) is 5.56 Å². The summed E-state index contributed by atoms with van der Waals surface area (Å²) >= 11 is 0. The van der Waals surface area contributed by atoms with Crippen LogP contribution in [0.2, 0.25) is 0 Å². The first-order valence-corrected chi connectivity index (χ1v) is 5.71. The molecule has 4 nitrogen and oxygen atoms in total. The highest BCUT2D eigenvalue weighted by Gasteiger charge is 2.05. The molecule has 0 aliphatic carbocycles. The van der Waals surface area contributed by atoms with Gasteiger partial charge in [0.1, 0.15) is 11.2 Å². The predicted octanol–water partition coefficient (Wildman–Crippen LogP) is 1.91. The first kappa shape index (κ1) is 10.7. The first-order valence-electron chi connectivity index (χ1n) is 5.71.